The lowest BCUT2D eigenvalue weighted by Gasteiger charge is -1.99. The molecule has 0 fully saturated rings. The Kier molecular flexibility index (Phi) is 2.76. The number of aromatic hydroxyl groups is 1. The summed E-state index contributed by atoms with van der Waals surface area (Å²) in [5, 5.41) is 14.1. The maximum Gasteiger partial charge on any atom is 0.156 e. The molecule has 1 aromatic carbocycles. The summed E-state index contributed by atoms with van der Waals surface area (Å²) in [7, 11) is 0. The first-order chi connectivity index (χ1) is 8.72. The Morgan fingerprint density at radius 2 is 2.00 bits per heavy atom. The summed E-state index contributed by atoms with van der Waals surface area (Å²) in [6, 6.07) is 11.0. The summed E-state index contributed by atoms with van der Waals surface area (Å²) in [6.45, 7) is 0. The van der Waals surface area contributed by atoms with Crippen molar-refractivity contribution in [1.29, 1.82) is 0 Å². The summed E-state index contributed by atoms with van der Waals surface area (Å²) >= 11 is 3.39. The van der Waals surface area contributed by atoms with Crippen LogP contribution in [0.4, 0.5) is 0 Å². The van der Waals surface area contributed by atoms with Gasteiger partial charge in [-0.05, 0) is 34.1 Å². The summed E-state index contributed by atoms with van der Waals surface area (Å²) < 4.78 is 2.67. The highest BCUT2D eigenvalue weighted by atomic mass is 79.9. The molecule has 0 radical (unpaired) electrons. The average Bonchev–Trinajstić information content (AvgIpc) is 2.73. The predicted octanol–water partition coefficient (Wildman–Crippen LogP) is 2.79. The zero-order valence-corrected chi connectivity index (χ0v) is 11.0. The molecular formula is C13H10BrN3O. The molecule has 0 unspecified atom stereocenters. The fourth-order valence-corrected chi connectivity index (χ4v) is 2.14. The van der Waals surface area contributed by atoms with Gasteiger partial charge >= 0.3 is 0 Å². The molecule has 5 heteroatoms. The first kappa shape index (κ1) is 11.2. The standard InChI is InChI=1S/C13H10BrN3O/c14-10-5-6-13-15-12(16-17(13)8-10)7-9-3-1-2-4-11(9)18/h1-6,8,18H,7H2. The molecule has 3 aromatic rings. The van der Waals surface area contributed by atoms with Crippen molar-refractivity contribution >= 4 is 21.6 Å². The molecule has 90 valence electrons. The maximum atomic E-state index is 9.72. The van der Waals surface area contributed by atoms with Gasteiger partial charge in [-0.3, -0.25) is 0 Å². The first-order valence-electron chi connectivity index (χ1n) is 5.50. The Balaban J connectivity index is 1.98. The number of aromatic nitrogens is 3. The van der Waals surface area contributed by atoms with Crippen molar-refractivity contribution in [3.8, 4) is 5.75 Å². The molecule has 0 aliphatic rings. The van der Waals surface area contributed by atoms with Crippen molar-refractivity contribution in [2.24, 2.45) is 0 Å². The highest BCUT2D eigenvalue weighted by Crippen LogP contribution is 2.19. The van der Waals surface area contributed by atoms with Crippen molar-refractivity contribution < 1.29 is 5.11 Å². The van der Waals surface area contributed by atoms with Crippen LogP contribution >= 0.6 is 15.9 Å². The molecule has 1 N–H and O–H groups in total. The Morgan fingerprint density at radius 3 is 2.83 bits per heavy atom. The van der Waals surface area contributed by atoms with E-state index in [4.69, 9.17) is 0 Å². The second-order valence-corrected chi connectivity index (χ2v) is 4.90. The molecular weight excluding hydrogens is 294 g/mol. The van der Waals surface area contributed by atoms with Crippen LogP contribution in [0.25, 0.3) is 5.65 Å². The van der Waals surface area contributed by atoms with E-state index in [0.717, 1.165) is 15.7 Å². The largest absolute Gasteiger partial charge is 0.508 e. The van der Waals surface area contributed by atoms with E-state index in [9.17, 15) is 5.11 Å². The fourth-order valence-electron chi connectivity index (χ4n) is 1.81. The van der Waals surface area contributed by atoms with Gasteiger partial charge in [0.05, 0.1) is 0 Å². The number of nitrogens with zero attached hydrogens (tertiary/aromatic N) is 3. The Morgan fingerprint density at radius 1 is 1.17 bits per heavy atom. The monoisotopic (exact) mass is 303 g/mol. The van der Waals surface area contributed by atoms with E-state index < -0.39 is 0 Å². The number of para-hydroxylation sites is 1. The highest BCUT2D eigenvalue weighted by molar-refractivity contribution is 9.10. The summed E-state index contributed by atoms with van der Waals surface area (Å²) in [4.78, 5) is 4.41. The number of halogens is 1. The van der Waals surface area contributed by atoms with Gasteiger partial charge in [0.1, 0.15) is 5.75 Å². The number of hydrogen-bond acceptors (Lipinski definition) is 3. The van der Waals surface area contributed by atoms with Gasteiger partial charge < -0.3 is 5.11 Å². The Hall–Kier alpha value is -1.88. The van der Waals surface area contributed by atoms with E-state index in [0.29, 0.717) is 12.2 Å². The van der Waals surface area contributed by atoms with Crippen molar-refractivity contribution in [2.45, 2.75) is 6.42 Å². The van der Waals surface area contributed by atoms with E-state index in [1.54, 1.807) is 16.6 Å². The molecule has 0 bridgehead atoms. The van der Waals surface area contributed by atoms with Crippen LogP contribution in [0.15, 0.2) is 47.1 Å². The third kappa shape index (κ3) is 2.09. The molecule has 0 saturated carbocycles. The molecule has 2 aromatic heterocycles. The molecule has 2 heterocycles. The normalized spacial score (nSPS) is 10.9. The van der Waals surface area contributed by atoms with Crippen molar-refractivity contribution in [3.63, 3.8) is 0 Å². The number of benzene rings is 1. The quantitative estimate of drug-likeness (QED) is 0.792. The molecule has 0 saturated heterocycles. The summed E-state index contributed by atoms with van der Waals surface area (Å²) in [5.74, 6) is 0.965. The lowest BCUT2D eigenvalue weighted by atomic mass is 10.1. The average molecular weight is 304 g/mol. The summed E-state index contributed by atoms with van der Waals surface area (Å²) in [5.41, 5.74) is 1.62. The second kappa shape index (κ2) is 4.42. The predicted molar refractivity (Wildman–Crippen MR) is 71.6 cm³/mol. The van der Waals surface area contributed by atoms with Crippen molar-refractivity contribution in [3.05, 3.63) is 58.5 Å². The van der Waals surface area contributed by atoms with Crippen LogP contribution in [0.2, 0.25) is 0 Å². The van der Waals surface area contributed by atoms with Crippen molar-refractivity contribution in [2.75, 3.05) is 0 Å². The van der Waals surface area contributed by atoms with Crippen LogP contribution in [0.5, 0.6) is 5.75 Å². The highest BCUT2D eigenvalue weighted by Gasteiger charge is 2.07. The van der Waals surface area contributed by atoms with Gasteiger partial charge in [-0.15, -0.1) is 0 Å². The van der Waals surface area contributed by atoms with Gasteiger partial charge in [0.15, 0.2) is 11.5 Å². The number of hydrogen-bond donors (Lipinski definition) is 1. The van der Waals surface area contributed by atoms with E-state index in [2.05, 4.69) is 26.0 Å². The van der Waals surface area contributed by atoms with Crippen LogP contribution in [-0.2, 0) is 6.42 Å². The van der Waals surface area contributed by atoms with E-state index in [1.165, 1.54) is 0 Å². The molecule has 0 aliphatic heterocycles. The molecule has 0 atom stereocenters. The van der Waals surface area contributed by atoms with Gasteiger partial charge in [-0.2, -0.15) is 5.10 Å². The third-order valence-electron chi connectivity index (χ3n) is 2.68. The second-order valence-electron chi connectivity index (χ2n) is 3.98. The van der Waals surface area contributed by atoms with Crippen LogP contribution in [0.1, 0.15) is 11.4 Å². The number of fused-ring (bicyclic) bond motifs is 1. The van der Waals surface area contributed by atoms with Gasteiger partial charge in [-0.1, -0.05) is 18.2 Å². The maximum absolute atomic E-state index is 9.72. The number of pyridine rings is 1. The molecule has 3 rings (SSSR count). The van der Waals surface area contributed by atoms with Gasteiger partial charge in [-0.25, -0.2) is 9.50 Å². The number of phenolic OH excluding ortho intramolecular Hbond substituents is 1. The smallest absolute Gasteiger partial charge is 0.156 e. The minimum Gasteiger partial charge on any atom is -0.508 e. The molecule has 0 amide bonds. The van der Waals surface area contributed by atoms with Crippen LogP contribution in [-0.4, -0.2) is 19.7 Å². The minimum atomic E-state index is 0.275. The fraction of sp³-hybridized carbons (Fsp3) is 0.0769. The SMILES string of the molecule is Oc1ccccc1Cc1nc2ccc(Br)cn2n1. The zero-order chi connectivity index (χ0) is 12.5. The zero-order valence-electron chi connectivity index (χ0n) is 9.42. The minimum absolute atomic E-state index is 0.275. The van der Waals surface area contributed by atoms with Crippen LogP contribution in [0, 0.1) is 0 Å². The van der Waals surface area contributed by atoms with Crippen LogP contribution < -0.4 is 0 Å². The topological polar surface area (TPSA) is 50.4 Å². The van der Waals surface area contributed by atoms with Gasteiger partial charge in [0.2, 0.25) is 0 Å². The lowest BCUT2D eigenvalue weighted by molar-refractivity contribution is 0.469. The molecule has 18 heavy (non-hydrogen) atoms. The summed E-state index contributed by atoms with van der Waals surface area (Å²) in [6.07, 6.45) is 2.38. The molecule has 0 spiro atoms. The van der Waals surface area contributed by atoms with E-state index >= 15 is 0 Å². The Bertz CT molecular complexity index is 708. The Labute approximate surface area is 112 Å². The van der Waals surface area contributed by atoms with Gasteiger partial charge in [0.25, 0.3) is 0 Å². The lowest BCUT2D eigenvalue weighted by Crippen LogP contribution is -1.92. The number of rotatable bonds is 2. The van der Waals surface area contributed by atoms with Crippen molar-refractivity contribution in [1.82, 2.24) is 14.6 Å². The van der Waals surface area contributed by atoms with E-state index in [-0.39, 0.29) is 5.75 Å². The third-order valence-corrected chi connectivity index (χ3v) is 3.15. The first-order valence-corrected chi connectivity index (χ1v) is 6.29. The number of phenols is 1. The van der Waals surface area contributed by atoms with Gasteiger partial charge in [0, 0.05) is 22.7 Å². The molecule has 0 aliphatic carbocycles. The van der Waals surface area contributed by atoms with E-state index in [1.807, 2.05) is 30.5 Å². The van der Waals surface area contributed by atoms with Crippen LogP contribution in [0.3, 0.4) is 0 Å². The molecule has 4 nitrogen and oxygen atoms in total.